The van der Waals surface area contributed by atoms with Crippen LogP contribution in [0.1, 0.15) is 45.8 Å². The van der Waals surface area contributed by atoms with E-state index >= 15 is 0 Å². The number of aromatic carboxylic acids is 1. The minimum Gasteiger partial charge on any atom is -0.508 e. The summed E-state index contributed by atoms with van der Waals surface area (Å²) < 4.78 is 0. The van der Waals surface area contributed by atoms with Crippen molar-refractivity contribution < 1.29 is 29.7 Å². The zero-order valence-corrected chi connectivity index (χ0v) is 15.1. The Hall–Kier alpha value is -3.35. The number of nitrogens with one attached hydrogen (secondary N) is 1. The van der Waals surface area contributed by atoms with E-state index in [1.165, 1.54) is 12.1 Å². The molecule has 0 bridgehead atoms. The fourth-order valence-corrected chi connectivity index (χ4v) is 3.60. The predicted molar refractivity (Wildman–Crippen MR) is 100 cm³/mol. The largest absolute Gasteiger partial charge is 0.508 e. The third kappa shape index (κ3) is 4.49. The first kappa shape index (κ1) is 19.4. The Morgan fingerprint density at radius 1 is 1.07 bits per heavy atom. The molecule has 1 amide bonds. The lowest BCUT2D eigenvalue weighted by atomic mass is 9.97. The highest BCUT2D eigenvalue weighted by atomic mass is 16.4. The van der Waals surface area contributed by atoms with Crippen LogP contribution in [0.5, 0.6) is 5.75 Å². The molecule has 1 unspecified atom stereocenters. The second kappa shape index (κ2) is 8.12. The van der Waals surface area contributed by atoms with E-state index in [0.717, 1.165) is 24.0 Å². The molecule has 1 aliphatic carbocycles. The van der Waals surface area contributed by atoms with Gasteiger partial charge in [0, 0.05) is 12.8 Å². The van der Waals surface area contributed by atoms with Gasteiger partial charge >= 0.3 is 11.9 Å². The van der Waals surface area contributed by atoms with E-state index in [9.17, 15) is 24.6 Å². The Balaban J connectivity index is 1.62. The number of rotatable bonds is 7. The minimum atomic E-state index is -1.15. The number of hydrogen-bond donors (Lipinski definition) is 4. The maximum absolute atomic E-state index is 12.4. The van der Waals surface area contributed by atoms with Gasteiger partial charge in [0.1, 0.15) is 11.8 Å². The lowest BCUT2D eigenvalue weighted by Crippen LogP contribution is -2.42. The third-order valence-corrected chi connectivity index (χ3v) is 5.03. The molecular formula is C21H21NO6. The number of carboxylic acid groups (broad SMARTS) is 2. The Labute approximate surface area is 161 Å². The molecule has 0 aliphatic heterocycles. The molecule has 7 nitrogen and oxygen atoms in total. The molecule has 0 radical (unpaired) electrons. The van der Waals surface area contributed by atoms with Crippen molar-refractivity contribution in [3.05, 3.63) is 64.7 Å². The number of phenols is 1. The van der Waals surface area contributed by atoms with E-state index in [1.54, 1.807) is 24.3 Å². The SMILES string of the molecule is O=C(CC1CCc2cc(O)ccc21)N[C@@H](Cc1ccc(C(=O)O)cc1)C(=O)O. The predicted octanol–water partition coefficient (Wildman–Crippen LogP) is 2.32. The van der Waals surface area contributed by atoms with Gasteiger partial charge < -0.3 is 20.6 Å². The van der Waals surface area contributed by atoms with Crippen LogP contribution in [0, 0.1) is 0 Å². The van der Waals surface area contributed by atoms with Crippen LogP contribution in [0.25, 0.3) is 0 Å². The highest BCUT2D eigenvalue weighted by molar-refractivity contribution is 5.87. The summed E-state index contributed by atoms with van der Waals surface area (Å²) in [6.45, 7) is 0. The second-order valence-electron chi connectivity index (χ2n) is 6.99. The fraction of sp³-hybridized carbons (Fsp3) is 0.286. The monoisotopic (exact) mass is 383 g/mol. The van der Waals surface area contributed by atoms with Crippen molar-refractivity contribution in [1.29, 1.82) is 0 Å². The van der Waals surface area contributed by atoms with E-state index in [2.05, 4.69) is 5.32 Å². The average molecular weight is 383 g/mol. The Bertz CT molecular complexity index is 906. The number of aromatic hydroxyl groups is 1. The van der Waals surface area contributed by atoms with Gasteiger partial charge in [0.2, 0.25) is 5.91 Å². The normalized spacial score (nSPS) is 16.2. The molecule has 2 aromatic rings. The second-order valence-corrected chi connectivity index (χ2v) is 6.99. The molecule has 0 aromatic heterocycles. The Morgan fingerprint density at radius 2 is 1.79 bits per heavy atom. The molecule has 0 heterocycles. The molecule has 7 heteroatoms. The zero-order valence-electron chi connectivity index (χ0n) is 15.1. The molecule has 1 aliphatic rings. The Morgan fingerprint density at radius 3 is 2.43 bits per heavy atom. The van der Waals surface area contributed by atoms with Crippen molar-refractivity contribution in [1.82, 2.24) is 5.32 Å². The molecule has 4 N–H and O–H groups in total. The molecule has 3 rings (SSSR count). The molecule has 2 atom stereocenters. The lowest BCUT2D eigenvalue weighted by Gasteiger charge is -2.17. The topological polar surface area (TPSA) is 124 Å². The summed E-state index contributed by atoms with van der Waals surface area (Å²) in [5.41, 5.74) is 2.78. The van der Waals surface area contributed by atoms with Gasteiger partial charge in [-0.05, 0) is 59.7 Å². The number of benzene rings is 2. The molecule has 146 valence electrons. The van der Waals surface area contributed by atoms with Crippen LogP contribution in [0.3, 0.4) is 0 Å². The van der Waals surface area contributed by atoms with Crippen molar-refractivity contribution in [3.63, 3.8) is 0 Å². The number of aliphatic carboxylic acids is 1. The number of aryl methyl sites for hydroxylation is 1. The van der Waals surface area contributed by atoms with Gasteiger partial charge in [-0.15, -0.1) is 0 Å². The van der Waals surface area contributed by atoms with Crippen molar-refractivity contribution in [2.24, 2.45) is 0 Å². The number of carboxylic acids is 2. The third-order valence-electron chi connectivity index (χ3n) is 5.03. The maximum atomic E-state index is 12.4. The summed E-state index contributed by atoms with van der Waals surface area (Å²) in [5, 5.41) is 30.5. The first-order chi connectivity index (χ1) is 13.3. The van der Waals surface area contributed by atoms with Crippen molar-refractivity contribution in [2.45, 2.75) is 37.6 Å². The van der Waals surface area contributed by atoms with Crippen molar-refractivity contribution in [2.75, 3.05) is 0 Å². The van der Waals surface area contributed by atoms with Crippen molar-refractivity contribution in [3.8, 4) is 5.75 Å². The number of carbonyl (C=O) groups excluding carboxylic acids is 1. The maximum Gasteiger partial charge on any atom is 0.335 e. The van der Waals surface area contributed by atoms with Gasteiger partial charge in [-0.25, -0.2) is 9.59 Å². The van der Waals surface area contributed by atoms with Gasteiger partial charge in [0.05, 0.1) is 5.56 Å². The molecule has 0 fully saturated rings. The minimum absolute atomic E-state index is 0.0000972. The first-order valence-corrected chi connectivity index (χ1v) is 8.99. The summed E-state index contributed by atoms with van der Waals surface area (Å²) >= 11 is 0. The summed E-state index contributed by atoms with van der Waals surface area (Å²) in [6.07, 6.45) is 1.80. The van der Waals surface area contributed by atoms with E-state index in [0.29, 0.717) is 5.56 Å². The molecule has 0 spiro atoms. The van der Waals surface area contributed by atoms with Crippen LogP contribution in [0.15, 0.2) is 42.5 Å². The van der Waals surface area contributed by atoms with E-state index in [1.807, 2.05) is 6.07 Å². The van der Waals surface area contributed by atoms with Crippen LogP contribution >= 0.6 is 0 Å². The number of amides is 1. The number of fused-ring (bicyclic) bond motifs is 1. The van der Waals surface area contributed by atoms with Crippen molar-refractivity contribution >= 4 is 17.8 Å². The summed E-state index contributed by atoms with van der Waals surface area (Å²) in [5.74, 6) is -2.35. The van der Waals surface area contributed by atoms with Crippen LogP contribution in [0.4, 0.5) is 0 Å². The van der Waals surface area contributed by atoms with E-state index < -0.39 is 18.0 Å². The van der Waals surface area contributed by atoms with Gasteiger partial charge in [-0.2, -0.15) is 0 Å². The molecule has 2 aromatic carbocycles. The Kier molecular flexibility index (Phi) is 5.63. The van der Waals surface area contributed by atoms with Gasteiger partial charge in [0.25, 0.3) is 0 Å². The van der Waals surface area contributed by atoms with E-state index in [-0.39, 0.29) is 36.0 Å². The average Bonchev–Trinajstić information content (AvgIpc) is 3.03. The first-order valence-electron chi connectivity index (χ1n) is 8.99. The highest BCUT2D eigenvalue weighted by Crippen LogP contribution is 2.37. The number of carbonyl (C=O) groups is 3. The zero-order chi connectivity index (χ0) is 20.3. The van der Waals surface area contributed by atoms with Crippen LogP contribution in [0.2, 0.25) is 0 Å². The van der Waals surface area contributed by atoms with Crippen LogP contribution in [-0.4, -0.2) is 39.2 Å². The van der Waals surface area contributed by atoms with Crippen LogP contribution in [-0.2, 0) is 22.4 Å². The summed E-state index contributed by atoms with van der Waals surface area (Å²) in [4.78, 5) is 34.9. The molecule has 0 saturated carbocycles. The number of hydrogen-bond acceptors (Lipinski definition) is 4. The van der Waals surface area contributed by atoms with Gasteiger partial charge in [0.15, 0.2) is 0 Å². The fourth-order valence-electron chi connectivity index (χ4n) is 3.60. The van der Waals surface area contributed by atoms with Gasteiger partial charge in [-0.3, -0.25) is 4.79 Å². The highest BCUT2D eigenvalue weighted by Gasteiger charge is 2.27. The molecular weight excluding hydrogens is 362 g/mol. The quantitative estimate of drug-likeness (QED) is 0.582. The lowest BCUT2D eigenvalue weighted by molar-refractivity contribution is -0.141. The molecule has 0 saturated heterocycles. The van der Waals surface area contributed by atoms with Crippen LogP contribution < -0.4 is 5.32 Å². The standard InChI is InChI=1S/C21H21NO6/c23-16-7-8-17-14(10-16)5-6-15(17)11-19(24)22-18(21(27)28)9-12-1-3-13(4-2-12)20(25)26/h1-4,7-8,10,15,18,23H,5-6,9,11H2,(H,22,24)(H,25,26)(H,27,28)/t15?,18-/m0/s1. The number of phenolic OH excluding ortho intramolecular Hbond substituents is 1. The summed E-state index contributed by atoms with van der Waals surface area (Å²) in [6, 6.07) is 9.92. The smallest absolute Gasteiger partial charge is 0.335 e. The molecule has 28 heavy (non-hydrogen) atoms. The van der Waals surface area contributed by atoms with E-state index in [4.69, 9.17) is 5.11 Å². The van der Waals surface area contributed by atoms with Gasteiger partial charge in [-0.1, -0.05) is 18.2 Å². The summed E-state index contributed by atoms with van der Waals surface area (Å²) in [7, 11) is 0.